The van der Waals surface area contributed by atoms with Gasteiger partial charge in [0.25, 0.3) is 5.95 Å². The maximum atomic E-state index is 12.4. The number of hydrogen-bond acceptors (Lipinski definition) is 3. The monoisotopic (exact) mass is 246 g/mol. The zero-order valence-electron chi connectivity index (χ0n) is 8.12. The van der Waals surface area contributed by atoms with Crippen LogP contribution >= 0.6 is 0 Å². The number of carbonyl (C=O) groups is 1. The summed E-state index contributed by atoms with van der Waals surface area (Å²) in [7, 11) is 0. The van der Waals surface area contributed by atoms with Gasteiger partial charge in [0.2, 0.25) is 0 Å². The lowest BCUT2D eigenvalue weighted by Crippen LogP contribution is -2.03. The lowest BCUT2D eigenvalue weighted by molar-refractivity contribution is -0.137. The van der Waals surface area contributed by atoms with Gasteiger partial charge in [0.05, 0.1) is 5.56 Å². The molecule has 0 aliphatic carbocycles. The smallest absolute Gasteiger partial charge is 0.449 e. The minimum Gasteiger partial charge on any atom is -0.449 e. The molecule has 17 heavy (non-hydrogen) atoms. The van der Waals surface area contributed by atoms with Crippen LogP contribution in [0.25, 0.3) is 11.0 Å². The first-order chi connectivity index (χ1) is 7.86. The Morgan fingerprint density at radius 1 is 1.29 bits per heavy atom. The molecular weight excluding hydrogens is 241 g/mol. The lowest BCUT2D eigenvalue weighted by Gasteiger charge is -2.04. The first-order valence-corrected chi connectivity index (χ1v) is 4.38. The molecule has 0 bridgehead atoms. The van der Waals surface area contributed by atoms with Crippen molar-refractivity contribution in [3.8, 4) is 5.95 Å². The standard InChI is InChI=1S/C10H5F3O4/c11-10(12,13)6-2-1-5-3-8(17-9(14)15)16-7(5)4-6/h1-4H,(H,14,15). The van der Waals surface area contributed by atoms with E-state index in [0.717, 1.165) is 12.1 Å². The highest BCUT2D eigenvalue weighted by molar-refractivity contribution is 5.80. The Bertz CT molecular complexity index is 570. The van der Waals surface area contributed by atoms with Crippen LogP contribution in [-0.4, -0.2) is 11.3 Å². The molecule has 0 atom stereocenters. The maximum absolute atomic E-state index is 12.4. The Hall–Kier alpha value is -2.18. The Labute approximate surface area is 92.2 Å². The Morgan fingerprint density at radius 2 is 2.00 bits per heavy atom. The molecule has 1 heterocycles. The third-order valence-electron chi connectivity index (χ3n) is 2.01. The van der Waals surface area contributed by atoms with Gasteiger partial charge in [-0.05, 0) is 12.1 Å². The molecule has 0 spiro atoms. The zero-order valence-corrected chi connectivity index (χ0v) is 8.12. The predicted octanol–water partition coefficient (Wildman–Crippen LogP) is 3.51. The average Bonchev–Trinajstić information content (AvgIpc) is 2.55. The first kappa shape index (κ1) is 11.3. The summed E-state index contributed by atoms with van der Waals surface area (Å²) in [6, 6.07) is 4.03. The molecule has 0 fully saturated rings. The summed E-state index contributed by atoms with van der Waals surface area (Å²) >= 11 is 0. The molecule has 1 N–H and O–H groups in total. The number of benzene rings is 1. The van der Waals surface area contributed by atoms with Gasteiger partial charge in [-0.15, -0.1) is 0 Å². The number of carboxylic acid groups (broad SMARTS) is 1. The van der Waals surface area contributed by atoms with Crippen LogP contribution in [0.3, 0.4) is 0 Å². The largest absolute Gasteiger partial charge is 0.513 e. The first-order valence-electron chi connectivity index (χ1n) is 4.38. The van der Waals surface area contributed by atoms with Crippen LogP contribution in [0.5, 0.6) is 5.95 Å². The van der Waals surface area contributed by atoms with Crippen molar-refractivity contribution in [2.24, 2.45) is 0 Å². The quantitative estimate of drug-likeness (QED) is 0.782. The molecule has 7 heteroatoms. The van der Waals surface area contributed by atoms with Crippen LogP contribution in [0.2, 0.25) is 0 Å². The second kappa shape index (κ2) is 3.69. The fraction of sp³-hybridized carbons (Fsp3) is 0.100. The van der Waals surface area contributed by atoms with Crippen LogP contribution in [0.4, 0.5) is 18.0 Å². The van der Waals surface area contributed by atoms with Crippen molar-refractivity contribution >= 4 is 17.1 Å². The fourth-order valence-corrected chi connectivity index (χ4v) is 1.32. The summed E-state index contributed by atoms with van der Waals surface area (Å²) in [5, 5.41) is 8.64. The van der Waals surface area contributed by atoms with E-state index in [4.69, 9.17) is 9.52 Å². The van der Waals surface area contributed by atoms with E-state index < -0.39 is 17.9 Å². The fourth-order valence-electron chi connectivity index (χ4n) is 1.32. The van der Waals surface area contributed by atoms with Gasteiger partial charge in [0, 0.05) is 11.5 Å². The van der Waals surface area contributed by atoms with Gasteiger partial charge in [-0.25, -0.2) is 4.79 Å². The number of furan rings is 1. The summed E-state index contributed by atoms with van der Waals surface area (Å²) in [5.74, 6) is -0.369. The summed E-state index contributed by atoms with van der Waals surface area (Å²) in [6.07, 6.45) is -6.07. The van der Waals surface area contributed by atoms with Crippen molar-refractivity contribution in [2.45, 2.75) is 6.18 Å². The van der Waals surface area contributed by atoms with Gasteiger partial charge < -0.3 is 14.3 Å². The normalized spacial score (nSPS) is 11.7. The van der Waals surface area contributed by atoms with Gasteiger partial charge in [-0.2, -0.15) is 13.2 Å². The maximum Gasteiger partial charge on any atom is 0.513 e. The van der Waals surface area contributed by atoms with Gasteiger partial charge in [-0.1, -0.05) is 6.07 Å². The molecule has 0 amide bonds. The molecule has 2 rings (SSSR count). The highest BCUT2D eigenvalue weighted by Gasteiger charge is 2.31. The number of fused-ring (bicyclic) bond motifs is 1. The zero-order chi connectivity index (χ0) is 12.6. The van der Waals surface area contributed by atoms with Crippen molar-refractivity contribution < 1.29 is 32.2 Å². The number of halogens is 3. The minimum atomic E-state index is -4.48. The average molecular weight is 246 g/mol. The van der Waals surface area contributed by atoms with E-state index >= 15 is 0 Å². The number of ether oxygens (including phenoxy) is 1. The molecular formula is C10H5F3O4. The molecule has 0 saturated carbocycles. The van der Waals surface area contributed by atoms with Crippen LogP contribution in [0.15, 0.2) is 28.7 Å². The second-order valence-corrected chi connectivity index (χ2v) is 3.18. The molecule has 1 aromatic carbocycles. The van der Waals surface area contributed by atoms with Gasteiger partial charge in [-0.3, -0.25) is 0 Å². The molecule has 0 radical (unpaired) electrons. The van der Waals surface area contributed by atoms with Crippen molar-refractivity contribution in [3.63, 3.8) is 0 Å². The van der Waals surface area contributed by atoms with Crippen LogP contribution < -0.4 is 4.74 Å². The molecule has 0 saturated heterocycles. The molecule has 0 aliphatic heterocycles. The Kier molecular flexibility index (Phi) is 2.45. The van der Waals surface area contributed by atoms with Gasteiger partial charge in [0.1, 0.15) is 5.58 Å². The summed E-state index contributed by atoms with van der Waals surface area (Å²) in [4.78, 5) is 10.2. The van der Waals surface area contributed by atoms with Gasteiger partial charge in [0.15, 0.2) is 0 Å². The second-order valence-electron chi connectivity index (χ2n) is 3.18. The molecule has 1 aromatic heterocycles. The van der Waals surface area contributed by atoms with E-state index in [-0.39, 0.29) is 11.5 Å². The Balaban J connectivity index is 2.44. The highest BCUT2D eigenvalue weighted by atomic mass is 19.4. The SMILES string of the molecule is O=C(O)Oc1cc2ccc(C(F)(F)F)cc2o1. The molecule has 2 aromatic rings. The minimum absolute atomic E-state index is 0.0870. The van der Waals surface area contributed by atoms with E-state index in [2.05, 4.69) is 4.74 Å². The molecule has 0 unspecified atom stereocenters. The predicted molar refractivity (Wildman–Crippen MR) is 49.9 cm³/mol. The van der Waals surface area contributed by atoms with Crippen molar-refractivity contribution in [1.82, 2.24) is 0 Å². The molecule has 90 valence electrons. The highest BCUT2D eigenvalue weighted by Crippen LogP contribution is 2.33. The topological polar surface area (TPSA) is 59.7 Å². The summed E-state index contributed by atoms with van der Waals surface area (Å²) in [6.45, 7) is 0. The number of alkyl halides is 3. The summed E-state index contributed by atoms with van der Waals surface area (Å²) < 4.78 is 46.1. The number of hydrogen-bond donors (Lipinski definition) is 1. The van der Waals surface area contributed by atoms with E-state index in [1.807, 2.05) is 0 Å². The van der Waals surface area contributed by atoms with Crippen molar-refractivity contribution in [1.29, 1.82) is 0 Å². The third-order valence-corrected chi connectivity index (χ3v) is 2.01. The number of rotatable bonds is 1. The van der Waals surface area contributed by atoms with Crippen molar-refractivity contribution in [2.75, 3.05) is 0 Å². The third kappa shape index (κ3) is 2.32. The molecule has 0 aliphatic rings. The Morgan fingerprint density at radius 3 is 2.59 bits per heavy atom. The molecule has 4 nitrogen and oxygen atoms in total. The van der Waals surface area contributed by atoms with Crippen molar-refractivity contribution in [3.05, 3.63) is 29.8 Å². The van der Waals surface area contributed by atoms with E-state index in [1.54, 1.807) is 0 Å². The van der Waals surface area contributed by atoms with Crippen LogP contribution in [0, 0.1) is 0 Å². The van der Waals surface area contributed by atoms with E-state index in [1.165, 1.54) is 12.1 Å². The van der Waals surface area contributed by atoms with E-state index in [9.17, 15) is 18.0 Å². The van der Waals surface area contributed by atoms with Gasteiger partial charge >= 0.3 is 12.3 Å². The lowest BCUT2D eigenvalue weighted by atomic mass is 10.2. The van der Waals surface area contributed by atoms with Crippen LogP contribution in [-0.2, 0) is 6.18 Å². The van der Waals surface area contributed by atoms with Crippen LogP contribution in [0.1, 0.15) is 5.56 Å². The van der Waals surface area contributed by atoms with E-state index in [0.29, 0.717) is 5.39 Å². The summed E-state index contributed by atoms with van der Waals surface area (Å²) in [5.41, 5.74) is -0.961.